The van der Waals surface area contributed by atoms with Gasteiger partial charge in [0.05, 0.1) is 6.33 Å². The van der Waals surface area contributed by atoms with Crippen LogP contribution in [0.3, 0.4) is 0 Å². The molecule has 0 saturated carbocycles. The summed E-state index contributed by atoms with van der Waals surface area (Å²) < 4.78 is 1.25. The summed E-state index contributed by atoms with van der Waals surface area (Å²) in [4.78, 5) is 35.9. The van der Waals surface area contributed by atoms with Gasteiger partial charge in [-0.25, -0.2) is 4.98 Å². The number of aromatic nitrogens is 5. The van der Waals surface area contributed by atoms with Crippen LogP contribution in [0.2, 0.25) is 0 Å². The maximum atomic E-state index is 11.8. The maximum Gasteiger partial charge on any atom is 0.285 e. The lowest BCUT2D eigenvalue weighted by atomic mass is 10.5. The highest BCUT2D eigenvalue weighted by Gasteiger charge is 2.06. The quantitative estimate of drug-likeness (QED) is 0.503. The average molecular weight is 203 g/mol. The van der Waals surface area contributed by atoms with Gasteiger partial charge in [-0.1, -0.05) is 0 Å². The summed E-state index contributed by atoms with van der Waals surface area (Å²) in [5.74, 6) is 0.187. The molecule has 0 atom stereocenters. The van der Waals surface area contributed by atoms with Crippen molar-refractivity contribution in [2.45, 2.75) is 0 Å². The molecule has 2 N–H and O–H groups in total. The van der Waals surface area contributed by atoms with Gasteiger partial charge in [0.15, 0.2) is 11.2 Å². The van der Waals surface area contributed by atoms with Gasteiger partial charge in [-0.15, -0.1) is 0 Å². The van der Waals surface area contributed by atoms with Crippen molar-refractivity contribution >= 4 is 16.9 Å². The predicted octanol–water partition coefficient (Wildman–Crippen LogP) is -0.741. The number of aromatic amines is 2. The highest BCUT2D eigenvalue weighted by atomic mass is 16.1. The molecule has 0 bridgehead atoms. The second kappa shape index (κ2) is 2.53. The monoisotopic (exact) mass is 203 g/mol. The third-order valence-corrected chi connectivity index (χ3v) is 2.10. The van der Waals surface area contributed by atoms with Gasteiger partial charge in [0.1, 0.15) is 0 Å². The van der Waals surface area contributed by atoms with E-state index in [-0.39, 0.29) is 16.9 Å². The second-order valence-corrected chi connectivity index (χ2v) is 3.02. The number of hydrogen-bond acceptors (Lipinski definition) is 4. The minimum atomic E-state index is -0.309. The fourth-order valence-electron chi connectivity index (χ4n) is 1.42. The molecule has 3 rings (SSSR count). The molecule has 0 aliphatic carbocycles. The molecule has 0 fully saturated rings. The van der Waals surface area contributed by atoms with Crippen LogP contribution >= 0.6 is 0 Å². The Balaban J connectivity index is 2.69. The zero-order valence-electron chi connectivity index (χ0n) is 7.39. The molecule has 15 heavy (non-hydrogen) atoms. The number of hydrogen-bond donors (Lipinski definition) is 2. The summed E-state index contributed by atoms with van der Waals surface area (Å²) in [5, 5.41) is 0. The summed E-state index contributed by atoms with van der Waals surface area (Å²) in [5.41, 5.74) is 0.0157. The topological polar surface area (TPSA) is 95.9 Å². The minimum absolute atomic E-state index is 0.187. The molecule has 0 spiro atoms. The maximum absolute atomic E-state index is 11.8. The molecule has 0 aliphatic heterocycles. The summed E-state index contributed by atoms with van der Waals surface area (Å²) in [6.07, 6.45) is 2.76. The van der Waals surface area contributed by atoms with Gasteiger partial charge in [0, 0.05) is 12.3 Å². The van der Waals surface area contributed by atoms with Crippen LogP contribution in [-0.4, -0.2) is 24.3 Å². The number of nitrogens with one attached hydrogen (secondary N) is 2. The highest BCUT2D eigenvalue weighted by molar-refractivity contribution is 5.70. The van der Waals surface area contributed by atoms with Crippen molar-refractivity contribution in [3.8, 4) is 0 Å². The largest absolute Gasteiger partial charge is 0.339 e. The van der Waals surface area contributed by atoms with E-state index in [1.165, 1.54) is 23.0 Å². The zero-order valence-corrected chi connectivity index (χ0v) is 7.39. The fourth-order valence-corrected chi connectivity index (χ4v) is 1.42. The first-order valence-corrected chi connectivity index (χ1v) is 4.20. The van der Waals surface area contributed by atoms with E-state index in [4.69, 9.17) is 0 Å². The molecule has 0 unspecified atom stereocenters. The standard InChI is InChI=1S/C8H5N5O2/c14-4-1-2-13-7(15)5-6(10-3-9-5)12-8(13)11-4/h1-3H,(H,9,10)(H,11,12,14). The van der Waals surface area contributed by atoms with Crippen LogP contribution in [-0.2, 0) is 0 Å². The summed E-state index contributed by atoms with van der Waals surface area (Å²) in [6, 6.07) is 1.26. The van der Waals surface area contributed by atoms with E-state index in [0.29, 0.717) is 11.2 Å². The average Bonchev–Trinajstić information content (AvgIpc) is 2.65. The SMILES string of the molecule is O=c1ccn2c(=O)c3[nH]cnc3nc2[nH]1. The zero-order chi connectivity index (χ0) is 10.4. The van der Waals surface area contributed by atoms with Gasteiger partial charge in [0.25, 0.3) is 11.1 Å². The van der Waals surface area contributed by atoms with Crippen LogP contribution in [0.1, 0.15) is 0 Å². The summed E-state index contributed by atoms with van der Waals surface area (Å²) in [7, 11) is 0. The number of rotatable bonds is 0. The Morgan fingerprint density at radius 2 is 2.20 bits per heavy atom. The van der Waals surface area contributed by atoms with Gasteiger partial charge >= 0.3 is 0 Å². The van der Waals surface area contributed by atoms with Crippen molar-refractivity contribution in [1.29, 1.82) is 0 Å². The Bertz CT molecular complexity index is 766. The van der Waals surface area contributed by atoms with Gasteiger partial charge in [-0.2, -0.15) is 4.98 Å². The van der Waals surface area contributed by atoms with Crippen molar-refractivity contribution in [2.24, 2.45) is 0 Å². The lowest BCUT2D eigenvalue weighted by Gasteiger charge is -1.97. The third-order valence-electron chi connectivity index (χ3n) is 2.10. The summed E-state index contributed by atoms with van der Waals surface area (Å²) in [6.45, 7) is 0. The lowest BCUT2D eigenvalue weighted by Crippen LogP contribution is -2.19. The van der Waals surface area contributed by atoms with Crippen molar-refractivity contribution in [1.82, 2.24) is 24.3 Å². The Kier molecular flexibility index (Phi) is 1.34. The van der Waals surface area contributed by atoms with Crippen LogP contribution in [0.25, 0.3) is 16.9 Å². The van der Waals surface area contributed by atoms with Gasteiger partial charge in [0.2, 0.25) is 5.78 Å². The van der Waals surface area contributed by atoms with Gasteiger partial charge in [-0.05, 0) is 0 Å². The third kappa shape index (κ3) is 0.997. The molecule has 0 amide bonds. The number of H-pyrrole nitrogens is 2. The lowest BCUT2D eigenvalue weighted by molar-refractivity contribution is 0.999. The van der Waals surface area contributed by atoms with Crippen LogP contribution < -0.4 is 11.1 Å². The Morgan fingerprint density at radius 3 is 3.07 bits per heavy atom. The first-order valence-electron chi connectivity index (χ1n) is 4.20. The molecule has 0 aliphatic rings. The predicted molar refractivity (Wildman–Crippen MR) is 51.7 cm³/mol. The van der Waals surface area contributed by atoms with Crippen LogP contribution in [0.4, 0.5) is 0 Å². The van der Waals surface area contributed by atoms with Crippen LogP contribution in [0.5, 0.6) is 0 Å². The van der Waals surface area contributed by atoms with Crippen molar-refractivity contribution in [3.05, 3.63) is 39.3 Å². The molecule has 3 heterocycles. The molecule has 0 radical (unpaired) electrons. The first kappa shape index (κ1) is 7.92. The second-order valence-electron chi connectivity index (χ2n) is 3.02. The molecule has 0 aromatic carbocycles. The first-order chi connectivity index (χ1) is 7.25. The van der Waals surface area contributed by atoms with E-state index < -0.39 is 0 Å². The summed E-state index contributed by atoms with van der Waals surface area (Å²) >= 11 is 0. The van der Waals surface area contributed by atoms with Crippen molar-refractivity contribution in [2.75, 3.05) is 0 Å². The van der Waals surface area contributed by atoms with E-state index in [2.05, 4.69) is 19.9 Å². The number of fused-ring (bicyclic) bond motifs is 2. The highest BCUT2D eigenvalue weighted by Crippen LogP contribution is 1.99. The molecule has 0 saturated heterocycles. The fraction of sp³-hybridized carbons (Fsp3) is 0. The van der Waals surface area contributed by atoms with Gasteiger partial charge < -0.3 is 4.98 Å². The molecular weight excluding hydrogens is 198 g/mol. The van der Waals surface area contributed by atoms with Gasteiger partial charge in [-0.3, -0.25) is 19.0 Å². The molecule has 74 valence electrons. The molecule has 7 nitrogen and oxygen atoms in total. The number of nitrogens with zero attached hydrogens (tertiary/aromatic N) is 3. The normalized spacial score (nSPS) is 11.2. The van der Waals surface area contributed by atoms with E-state index in [9.17, 15) is 9.59 Å². The van der Waals surface area contributed by atoms with Crippen molar-refractivity contribution in [3.63, 3.8) is 0 Å². The number of imidazole rings is 1. The Morgan fingerprint density at radius 1 is 1.33 bits per heavy atom. The minimum Gasteiger partial charge on any atom is -0.339 e. The molecule has 7 heteroatoms. The van der Waals surface area contributed by atoms with Crippen LogP contribution in [0.15, 0.2) is 28.2 Å². The van der Waals surface area contributed by atoms with E-state index in [1.54, 1.807) is 0 Å². The van der Waals surface area contributed by atoms with E-state index in [0.717, 1.165) is 0 Å². The Hall–Kier alpha value is -2.44. The van der Waals surface area contributed by atoms with E-state index >= 15 is 0 Å². The van der Waals surface area contributed by atoms with Crippen molar-refractivity contribution < 1.29 is 0 Å². The van der Waals surface area contributed by atoms with Crippen LogP contribution in [0, 0.1) is 0 Å². The Labute approximate surface area is 81.4 Å². The molecular formula is C8H5N5O2. The molecule has 3 aromatic rings. The molecule has 3 aromatic heterocycles. The smallest absolute Gasteiger partial charge is 0.285 e. The van der Waals surface area contributed by atoms with E-state index in [1.807, 2.05) is 0 Å².